The zero-order valence-electron chi connectivity index (χ0n) is 9.24. The third-order valence-corrected chi connectivity index (χ3v) is 3.86. The molecule has 1 heterocycles. The number of rotatable bonds is 3. The maximum atomic E-state index is 12.0. The van der Waals surface area contributed by atoms with Gasteiger partial charge in [0.25, 0.3) is 5.91 Å². The molecule has 15 heavy (non-hydrogen) atoms. The zero-order chi connectivity index (χ0) is 11.6. The van der Waals surface area contributed by atoms with Crippen LogP contribution in [0.15, 0.2) is 0 Å². The molecule has 1 aromatic rings. The lowest BCUT2D eigenvalue weighted by molar-refractivity contribution is 0.0664. The smallest absolute Gasteiger partial charge is 0.267 e. The average molecular weight is 248 g/mol. The minimum absolute atomic E-state index is 0.0758. The van der Waals surface area contributed by atoms with Crippen molar-refractivity contribution in [1.82, 2.24) is 14.5 Å². The first-order valence-electron chi connectivity index (χ1n) is 4.53. The predicted octanol–water partition coefficient (Wildman–Crippen LogP) is 1.94. The second-order valence-electron chi connectivity index (χ2n) is 4.00. The molecule has 84 valence electrons. The molecule has 0 aliphatic rings. The maximum absolute atomic E-state index is 12.0. The van der Waals surface area contributed by atoms with Gasteiger partial charge in [0.2, 0.25) is 0 Å². The van der Waals surface area contributed by atoms with Gasteiger partial charge >= 0.3 is 0 Å². The van der Waals surface area contributed by atoms with E-state index < -0.39 is 0 Å². The quantitative estimate of drug-likeness (QED) is 0.767. The highest BCUT2D eigenvalue weighted by molar-refractivity contribution is 7.07. The van der Waals surface area contributed by atoms with E-state index in [1.54, 1.807) is 18.9 Å². The van der Waals surface area contributed by atoms with Crippen LogP contribution in [0, 0.1) is 6.92 Å². The molecular formula is C9H14ClN3OS. The summed E-state index contributed by atoms with van der Waals surface area (Å²) >= 11 is 6.93. The van der Waals surface area contributed by atoms with Crippen LogP contribution in [0.4, 0.5) is 0 Å². The molecule has 4 nitrogen and oxygen atoms in total. The van der Waals surface area contributed by atoms with Gasteiger partial charge in [-0.25, -0.2) is 0 Å². The third kappa shape index (κ3) is 2.46. The topological polar surface area (TPSA) is 46.1 Å². The summed E-state index contributed by atoms with van der Waals surface area (Å²) in [5.41, 5.74) is 0.303. The number of nitrogens with zero attached hydrogens (tertiary/aromatic N) is 3. The van der Waals surface area contributed by atoms with Crippen molar-refractivity contribution in [3.63, 3.8) is 0 Å². The van der Waals surface area contributed by atoms with Crippen molar-refractivity contribution in [1.29, 1.82) is 0 Å². The average Bonchev–Trinajstić information content (AvgIpc) is 2.62. The number of amides is 1. The molecule has 0 saturated heterocycles. The summed E-state index contributed by atoms with van der Waals surface area (Å²) < 4.78 is 3.74. The van der Waals surface area contributed by atoms with Crippen LogP contribution in [0.1, 0.15) is 29.2 Å². The van der Waals surface area contributed by atoms with E-state index in [0.29, 0.717) is 16.5 Å². The molecule has 0 saturated carbocycles. The molecule has 0 fully saturated rings. The van der Waals surface area contributed by atoms with E-state index in [4.69, 9.17) is 11.6 Å². The minimum Gasteiger partial charge on any atom is -0.335 e. The molecule has 1 rings (SSSR count). The van der Waals surface area contributed by atoms with Crippen molar-refractivity contribution in [2.75, 3.05) is 12.9 Å². The summed E-state index contributed by atoms with van der Waals surface area (Å²) in [4.78, 5) is 14.2. The van der Waals surface area contributed by atoms with Gasteiger partial charge in [-0.1, -0.05) is 4.49 Å². The number of aromatic nitrogens is 2. The Hall–Kier alpha value is -0.680. The van der Waals surface area contributed by atoms with Crippen molar-refractivity contribution < 1.29 is 4.79 Å². The van der Waals surface area contributed by atoms with E-state index in [0.717, 1.165) is 11.5 Å². The van der Waals surface area contributed by atoms with Crippen LogP contribution in [0.2, 0.25) is 0 Å². The molecule has 0 atom stereocenters. The van der Waals surface area contributed by atoms with Gasteiger partial charge in [-0.3, -0.25) is 4.79 Å². The lowest BCUT2D eigenvalue weighted by Gasteiger charge is -2.33. The molecule has 0 radical (unpaired) electrons. The number of halogens is 1. The van der Waals surface area contributed by atoms with Gasteiger partial charge in [0.1, 0.15) is 4.88 Å². The minimum atomic E-state index is -0.366. The Bertz CT molecular complexity index is 364. The van der Waals surface area contributed by atoms with Gasteiger partial charge in [-0.2, -0.15) is 0 Å². The lowest BCUT2D eigenvalue weighted by atomic mass is 10.1. The number of carbonyl (C=O) groups excluding carboxylic acids is 1. The Morgan fingerprint density at radius 1 is 1.60 bits per heavy atom. The summed E-state index contributed by atoms with van der Waals surface area (Å²) in [6.45, 7) is 5.61. The second kappa shape index (κ2) is 4.45. The van der Waals surface area contributed by atoms with Gasteiger partial charge in [-0.05, 0) is 32.3 Å². The summed E-state index contributed by atoms with van der Waals surface area (Å²) in [5.74, 6) is 0.314. The molecule has 0 N–H and O–H groups in total. The number of alkyl halides is 1. The second-order valence-corrected chi connectivity index (χ2v) is 5.02. The largest absolute Gasteiger partial charge is 0.335 e. The van der Waals surface area contributed by atoms with Crippen LogP contribution < -0.4 is 0 Å². The Labute approximate surface area is 98.4 Å². The highest BCUT2D eigenvalue weighted by Crippen LogP contribution is 2.20. The van der Waals surface area contributed by atoms with E-state index in [9.17, 15) is 4.79 Å². The van der Waals surface area contributed by atoms with Crippen LogP contribution in [0.25, 0.3) is 0 Å². The molecule has 0 spiro atoms. The van der Waals surface area contributed by atoms with Crippen LogP contribution >= 0.6 is 23.1 Å². The third-order valence-electron chi connectivity index (χ3n) is 2.39. The van der Waals surface area contributed by atoms with Gasteiger partial charge in [0, 0.05) is 12.9 Å². The number of carbonyl (C=O) groups is 1. The highest BCUT2D eigenvalue weighted by atomic mass is 35.5. The Morgan fingerprint density at radius 3 is 2.60 bits per heavy atom. The van der Waals surface area contributed by atoms with Gasteiger partial charge in [0.15, 0.2) is 0 Å². The van der Waals surface area contributed by atoms with Crippen LogP contribution in [-0.4, -0.2) is 38.9 Å². The number of aryl methyl sites for hydroxylation is 1. The molecule has 1 amide bonds. The van der Waals surface area contributed by atoms with Gasteiger partial charge < -0.3 is 4.90 Å². The molecule has 1 aromatic heterocycles. The Balaban J connectivity index is 2.92. The summed E-state index contributed by atoms with van der Waals surface area (Å²) in [7, 11) is 1.74. The lowest BCUT2D eigenvalue weighted by Crippen LogP contribution is -2.46. The predicted molar refractivity (Wildman–Crippen MR) is 61.5 cm³/mol. The molecule has 0 aromatic carbocycles. The van der Waals surface area contributed by atoms with Crippen LogP contribution in [0.3, 0.4) is 0 Å². The summed E-state index contributed by atoms with van der Waals surface area (Å²) in [6, 6.07) is 0. The Kier molecular flexibility index (Phi) is 3.67. The fourth-order valence-corrected chi connectivity index (χ4v) is 1.76. The first-order valence-corrected chi connectivity index (χ1v) is 5.84. The normalized spacial score (nSPS) is 11.5. The molecule has 6 heteroatoms. The standard InChI is InChI=1S/C9H14ClN3OS/c1-6-7(15-12-11-6)8(14)13(4)9(2,3)5-10/h5H2,1-4H3. The number of hydrogen-bond acceptors (Lipinski definition) is 4. The zero-order valence-corrected chi connectivity index (χ0v) is 10.8. The van der Waals surface area contributed by atoms with E-state index >= 15 is 0 Å². The number of hydrogen-bond donors (Lipinski definition) is 0. The summed E-state index contributed by atoms with van der Waals surface area (Å²) in [6.07, 6.45) is 0. The fraction of sp³-hybridized carbons (Fsp3) is 0.667. The van der Waals surface area contributed by atoms with Crippen molar-refractivity contribution in [2.45, 2.75) is 26.3 Å². The first kappa shape index (κ1) is 12.4. The van der Waals surface area contributed by atoms with Crippen molar-refractivity contribution >= 4 is 29.0 Å². The highest BCUT2D eigenvalue weighted by Gasteiger charge is 2.29. The fourth-order valence-electron chi connectivity index (χ4n) is 0.945. The summed E-state index contributed by atoms with van der Waals surface area (Å²) in [5, 5.41) is 3.82. The van der Waals surface area contributed by atoms with Crippen LogP contribution in [0.5, 0.6) is 0 Å². The maximum Gasteiger partial charge on any atom is 0.267 e. The van der Waals surface area contributed by atoms with Crippen molar-refractivity contribution in [3.05, 3.63) is 10.6 Å². The molecular weight excluding hydrogens is 234 g/mol. The van der Waals surface area contributed by atoms with Crippen molar-refractivity contribution in [2.24, 2.45) is 0 Å². The molecule has 0 unspecified atom stereocenters. The molecule has 0 bridgehead atoms. The SMILES string of the molecule is Cc1nnsc1C(=O)N(C)C(C)(C)CCl. The van der Waals surface area contributed by atoms with E-state index in [1.165, 1.54) is 0 Å². The van der Waals surface area contributed by atoms with Gasteiger partial charge in [-0.15, -0.1) is 16.7 Å². The molecule has 0 aliphatic heterocycles. The Morgan fingerprint density at radius 2 is 2.20 bits per heavy atom. The van der Waals surface area contributed by atoms with E-state index in [1.807, 2.05) is 13.8 Å². The van der Waals surface area contributed by atoms with Crippen LogP contribution in [-0.2, 0) is 0 Å². The van der Waals surface area contributed by atoms with Gasteiger partial charge in [0.05, 0.1) is 11.2 Å². The first-order chi connectivity index (χ1) is 6.90. The van der Waals surface area contributed by atoms with Crippen molar-refractivity contribution in [3.8, 4) is 0 Å². The van der Waals surface area contributed by atoms with E-state index in [-0.39, 0.29) is 11.4 Å². The molecule has 0 aliphatic carbocycles. The van der Waals surface area contributed by atoms with E-state index in [2.05, 4.69) is 9.59 Å². The monoisotopic (exact) mass is 247 g/mol.